The summed E-state index contributed by atoms with van der Waals surface area (Å²) in [7, 11) is 0. The van der Waals surface area contributed by atoms with E-state index in [1.54, 1.807) is 61.1 Å². The SMILES string of the molecule is CCOC(=O)C=C1CC2CCC(C1)N2c1ncc(-c2cn3c(Cc4ccccc4OC(F)F)c(C)nc3cc2F)cn1. The summed E-state index contributed by atoms with van der Waals surface area (Å²) >= 11 is 0. The van der Waals surface area contributed by atoms with Gasteiger partial charge in [-0.25, -0.2) is 24.1 Å². The van der Waals surface area contributed by atoms with Gasteiger partial charge in [0.05, 0.1) is 12.3 Å². The molecule has 5 heterocycles. The summed E-state index contributed by atoms with van der Waals surface area (Å²) in [5, 5.41) is 0. The Labute approximate surface area is 240 Å². The van der Waals surface area contributed by atoms with Gasteiger partial charge in [-0.15, -0.1) is 0 Å². The van der Waals surface area contributed by atoms with E-state index in [0.29, 0.717) is 40.6 Å². The number of hydrogen-bond acceptors (Lipinski definition) is 7. The Morgan fingerprint density at radius 2 is 1.86 bits per heavy atom. The van der Waals surface area contributed by atoms with Crippen LogP contribution in [0.3, 0.4) is 0 Å². The minimum absolute atomic E-state index is 0.0864. The minimum atomic E-state index is -2.94. The zero-order valence-electron chi connectivity index (χ0n) is 23.3. The lowest BCUT2D eigenvalue weighted by molar-refractivity contribution is -0.137. The molecule has 0 radical (unpaired) electrons. The lowest BCUT2D eigenvalue weighted by Crippen LogP contribution is -2.41. The zero-order valence-corrected chi connectivity index (χ0v) is 23.3. The molecule has 8 nitrogen and oxygen atoms in total. The third-order valence-corrected chi connectivity index (χ3v) is 7.96. The highest BCUT2D eigenvalue weighted by atomic mass is 19.3. The van der Waals surface area contributed by atoms with Gasteiger partial charge in [0.25, 0.3) is 0 Å². The summed E-state index contributed by atoms with van der Waals surface area (Å²) in [5.41, 5.74) is 4.24. The topological polar surface area (TPSA) is 81.9 Å². The molecule has 2 aliphatic rings. The molecule has 2 bridgehead atoms. The molecule has 2 aliphatic heterocycles. The number of piperidine rings is 1. The smallest absolute Gasteiger partial charge is 0.387 e. The molecule has 2 atom stereocenters. The first kappa shape index (κ1) is 27.7. The quantitative estimate of drug-likeness (QED) is 0.186. The van der Waals surface area contributed by atoms with E-state index in [1.165, 1.54) is 12.1 Å². The standard InChI is InChI=1S/C31H30F3N5O3/c1-3-41-29(40)12-19-10-22-8-9-23(11-19)39(22)31-35-15-21(16-36-31)24-17-38-26(18(2)37-28(38)14-25(24)32)13-20-6-4-5-7-27(20)42-30(33)34/h4-7,12,14-17,22-23,30H,3,8-11,13H2,1-2H3. The van der Waals surface area contributed by atoms with E-state index in [9.17, 15) is 13.6 Å². The van der Waals surface area contributed by atoms with Gasteiger partial charge in [-0.1, -0.05) is 23.8 Å². The van der Waals surface area contributed by atoms with E-state index in [2.05, 4.69) is 19.9 Å². The van der Waals surface area contributed by atoms with Crippen LogP contribution in [-0.2, 0) is 16.0 Å². The molecule has 1 aromatic carbocycles. The molecule has 0 spiro atoms. The zero-order chi connectivity index (χ0) is 29.4. The number of carbonyl (C=O) groups excluding carboxylic acids is 1. The molecule has 42 heavy (non-hydrogen) atoms. The van der Waals surface area contributed by atoms with Gasteiger partial charge in [-0.3, -0.25) is 0 Å². The summed E-state index contributed by atoms with van der Waals surface area (Å²) in [6.45, 7) is 0.995. The number of imidazole rings is 1. The molecule has 0 N–H and O–H groups in total. The lowest BCUT2D eigenvalue weighted by Gasteiger charge is -2.36. The Bertz CT molecular complexity index is 1640. The molecule has 2 unspecified atom stereocenters. The van der Waals surface area contributed by atoms with Gasteiger partial charge in [0.2, 0.25) is 5.95 Å². The largest absolute Gasteiger partial charge is 0.463 e. The Morgan fingerprint density at radius 1 is 1.14 bits per heavy atom. The second-order valence-corrected chi connectivity index (χ2v) is 10.6. The summed E-state index contributed by atoms with van der Waals surface area (Å²) in [4.78, 5) is 27.9. The molecular formula is C31H30F3N5O3. The van der Waals surface area contributed by atoms with Gasteiger partial charge >= 0.3 is 12.6 Å². The number of anilines is 1. The van der Waals surface area contributed by atoms with Crippen molar-refractivity contribution in [3.05, 3.63) is 83.3 Å². The number of aromatic nitrogens is 4. The summed E-state index contributed by atoms with van der Waals surface area (Å²) < 4.78 is 52.8. The Morgan fingerprint density at radius 3 is 2.55 bits per heavy atom. The van der Waals surface area contributed by atoms with Crippen LogP contribution in [0.5, 0.6) is 5.75 Å². The minimum Gasteiger partial charge on any atom is -0.463 e. The number of benzene rings is 1. The molecule has 4 aromatic rings. The maximum absolute atomic E-state index is 15.3. The molecule has 6 rings (SSSR count). The Balaban J connectivity index is 1.26. The number of fused-ring (bicyclic) bond motifs is 3. The summed E-state index contributed by atoms with van der Waals surface area (Å²) in [6, 6.07) is 8.33. The van der Waals surface area contributed by atoms with E-state index in [4.69, 9.17) is 9.47 Å². The average molecular weight is 578 g/mol. The number of nitrogens with zero attached hydrogens (tertiary/aromatic N) is 5. The maximum Gasteiger partial charge on any atom is 0.387 e. The normalized spacial score (nSPS) is 18.1. The van der Waals surface area contributed by atoms with Gasteiger partial charge in [-0.2, -0.15) is 8.78 Å². The van der Waals surface area contributed by atoms with E-state index >= 15 is 4.39 Å². The molecule has 2 fully saturated rings. The number of carbonyl (C=O) groups is 1. The maximum atomic E-state index is 15.3. The number of halogens is 3. The number of pyridine rings is 1. The van der Waals surface area contributed by atoms with Gasteiger partial charge in [0.1, 0.15) is 17.2 Å². The fourth-order valence-electron chi connectivity index (χ4n) is 6.14. The first-order chi connectivity index (χ1) is 20.3. The van der Waals surface area contributed by atoms with Crippen LogP contribution in [0.2, 0.25) is 0 Å². The van der Waals surface area contributed by atoms with Crippen molar-refractivity contribution in [3.8, 4) is 16.9 Å². The van der Waals surface area contributed by atoms with Gasteiger partial charge in [-0.05, 0) is 45.6 Å². The number of esters is 1. The fourth-order valence-corrected chi connectivity index (χ4v) is 6.14. The highest BCUT2D eigenvalue weighted by Gasteiger charge is 2.40. The second kappa shape index (κ2) is 11.5. The van der Waals surface area contributed by atoms with E-state index < -0.39 is 12.4 Å². The number of alkyl halides is 2. The Kier molecular flexibility index (Phi) is 7.57. The van der Waals surface area contributed by atoms with Crippen molar-refractivity contribution in [2.24, 2.45) is 0 Å². The number of ether oxygens (including phenoxy) is 2. The van der Waals surface area contributed by atoms with Gasteiger partial charge < -0.3 is 18.8 Å². The number of rotatable bonds is 8. The monoisotopic (exact) mass is 577 g/mol. The third-order valence-electron chi connectivity index (χ3n) is 7.96. The van der Waals surface area contributed by atoms with E-state index in [-0.39, 0.29) is 30.2 Å². The average Bonchev–Trinajstić information content (AvgIpc) is 3.40. The third kappa shape index (κ3) is 5.43. The van der Waals surface area contributed by atoms with Crippen LogP contribution >= 0.6 is 0 Å². The summed E-state index contributed by atoms with van der Waals surface area (Å²) in [5.74, 6) is -0.105. The van der Waals surface area contributed by atoms with Gasteiger partial charge in [0, 0.05) is 71.6 Å². The highest BCUT2D eigenvalue weighted by molar-refractivity contribution is 5.83. The van der Waals surface area contributed by atoms with Crippen LogP contribution in [0.15, 0.2) is 60.6 Å². The predicted octanol–water partition coefficient (Wildman–Crippen LogP) is 6.05. The van der Waals surface area contributed by atoms with Crippen LogP contribution in [0.25, 0.3) is 16.8 Å². The first-order valence-electron chi connectivity index (χ1n) is 14.0. The fraction of sp³-hybridized carbons (Fsp3) is 0.355. The molecule has 0 amide bonds. The lowest BCUT2D eigenvalue weighted by atomic mass is 9.96. The predicted molar refractivity (Wildman–Crippen MR) is 150 cm³/mol. The summed E-state index contributed by atoms with van der Waals surface area (Å²) in [6.07, 6.45) is 10.2. The van der Waals surface area contributed by atoms with Crippen molar-refractivity contribution in [1.29, 1.82) is 0 Å². The molecule has 3 aromatic heterocycles. The van der Waals surface area contributed by atoms with Crippen molar-refractivity contribution in [3.63, 3.8) is 0 Å². The number of para-hydroxylation sites is 1. The second-order valence-electron chi connectivity index (χ2n) is 10.6. The molecular weight excluding hydrogens is 547 g/mol. The highest BCUT2D eigenvalue weighted by Crippen LogP contribution is 2.40. The molecule has 218 valence electrons. The van der Waals surface area contributed by atoms with Crippen molar-refractivity contribution in [1.82, 2.24) is 19.4 Å². The van der Waals surface area contributed by atoms with Crippen molar-refractivity contribution < 1.29 is 27.4 Å². The van der Waals surface area contributed by atoms with Crippen molar-refractivity contribution in [2.45, 2.75) is 64.6 Å². The van der Waals surface area contributed by atoms with E-state index in [1.807, 2.05) is 0 Å². The van der Waals surface area contributed by atoms with Crippen LogP contribution in [0, 0.1) is 12.7 Å². The first-order valence-corrected chi connectivity index (χ1v) is 14.0. The van der Waals surface area contributed by atoms with E-state index in [0.717, 1.165) is 37.0 Å². The molecule has 0 saturated carbocycles. The Hall–Kier alpha value is -4.41. The molecule has 11 heteroatoms. The van der Waals surface area contributed by atoms with Crippen molar-refractivity contribution in [2.75, 3.05) is 11.5 Å². The van der Waals surface area contributed by atoms with Crippen LogP contribution < -0.4 is 9.64 Å². The van der Waals surface area contributed by atoms with Crippen LogP contribution in [-0.4, -0.2) is 50.6 Å². The van der Waals surface area contributed by atoms with Gasteiger partial charge in [0.15, 0.2) is 0 Å². The molecule has 2 saturated heterocycles. The van der Waals surface area contributed by atoms with Crippen LogP contribution in [0.1, 0.15) is 49.6 Å². The molecule has 0 aliphatic carbocycles. The number of aryl methyl sites for hydroxylation is 1. The van der Waals surface area contributed by atoms with Crippen LogP contribution in [0.4, 0.5) is 19.1 Å². The number of hydrogen-bond donors (Lipinski definition) is 0. The van der Waals surface area contributed by atoms with Crippen molar-refractivity contribution >= 4 is 17.6 Å².